The number of benzene rings is 2. The van der Waals surface area contributed by atoms with Crippen LogP contribution >= 0.6 is 22.7 Å². The van der Waals surface area contributed by atoms with E-state index >= 15 is 0 Å². The highest BCUT2D eigenvalue weighted by Crippen LogP contribution is 2.31. The van der Waals surface area contributed by atoms with E-state index < -0.39 is 28.5 Å². The summed E-state index contributed by atoms with van der Waals surface area (Å²) in [6.45, 7) is 0. The molecule has 0 saturated carbocycles. The van der Waals surface area contributed by atoms with Crippen molar-refractivity contribution >= 4 is 50.7 Å². The Bertz CT molecular complexity index is 1520. The van der Waals surface area contributed by atoms with Crippen molar-refractivity contribution in [3.8, 4) is 9.88 Å². The standard InChI is InChI=1S/C27H28N4O6S3/c1-31(27(33)37-2)23(16-18-7-4-3-5-8-18)25(32)28-21(22-17-39-26(29-22)24-9-6-14-38-24)15-19-10-12-20(13-11-19)30-40(34,35)36/h3-14,17,21,23,30H,15-16H2,1-2H3,(H,28,32)(H,34,35,36). The number of carbonyl (C=O) groups excluding carboxylic acids is 2. The second-order valence-corrected chi connectivity index (χ2v) is 11.8. The number of aromatic nitrogens is 1. The Kier molecular flexibility index (Phi) is 9.53. The number of amides is 2. The van der Waals surface area contributed by atoms with Crippen LogP contribution in [0.1, 0.15) is 22.9 Å². The summed E-state index contributed by atoms with van der Waals surface area (Å²) in [5, 5.41) is 7.77. The van der Waals surface area contributed by atoms with Crippen LogP contribution in [0, 0.1) is 0 Å². The van der Waals surface area contributed by atoms with E-state index in [0.717, 1.165) is 21.0 Å². The highest BCUT2D eigenvalue weighted by atomic mass is 32.2. The van der Waals surface area contributed by atoms with Crippen LogP contribution in [0.5, 0.6) is 0 Å². The van der Waals surface area contributed by atoms with Gasteiger partial charge < -0.3 is 10.1 Å². The lowest BCUT2D eigenvalue weighted by Gasteiger charge is -2.28. The van der Waals surface area contributed by atoms with E-state index in [4.69, 9.17) is 14.3 Å². The molecule has 40 heavy (non-hydrogen) atoms. The second-order valence-electron chi connectivity index (χ2n) is 8.88. The maximum atomic E-state index is 13.7. The normalized spacial score (nSPS) is 12.8. The third-order valence-corrected chi connectivity index (χ3v) is 8.47. The van der Waals surface area contributed by atoms with E-state index in [1.165, 1.54) is 42.5 Å². The fourth-order valence-corrected chi connectivity index (χ4v) is 6.19. The van der Waals surface area contributed by atoms with Gasteiger partial charge in [0.1, 0.15) is 11.0 Å². The van der Waals surface area contributed by atoms with Gasteiger partial charge in [-0.3, -0.25) is 19.0 Å². The van der Waals surface area contributed by atoms with E-state index in [-0.39, 0.29) is 18.0 Å². The van der Waals surface area contributed by atoms with Gasteiger partial charge >= 0.3 is 16.4 Å². The number of methoxy groups -OCH3 is 1. The zero-order chi connectivity index (χ0) is 28.7. The molecule has 0 saturated heterocycles. The first-order chi connectivity index (χ1) is 19.1. The van der Waals surface area contributed by atoms with Crippen molar-refractivity contribution in [2.24, 2.45) is 0 Å². The molecule has 2 aromatic carbocycles. The van der Waals surface area contributed by atoms with E-state index in [9.17, 15) is 18.0 Å². The zero-order valence-corrected chi connectivity index (χ0v) is 24.1. The van der Waals surface area contributed by atoms with Crippen LogP contribution in [0.4, 0.5) is 10.5 Å². The number of thiophene rings is 1. The molecule has 2 atom stereocenters. The SMILES string of the molecule is COC(=O)N(C)C(Cc1ccccc1)C(=O)NC(Cc1ccc(NS(=O)(=O)O)cc1)c1csc(-c2cccs2)n1. The number of nitrogens with zero attached hydrogens (tertiary/aromatic N) is 2. The third-order valence-electron chi connectivity index (χ3n) is 6.07. The Morgan fingerprint density at radius 1 is 1.00 bits per heavy atom. The predicted molar refractivity (Wildman–Crippen MR) is 156 cm³/mol. The molecular weight excluding hydrogens is 573 g/mol. The molecule has 13 heteroatoms. The van der Waals surface area contributed by atoms with Crippen LogP contribution in [0.2, 0.25) is 0 Å². The molecule has 2 heterocycles. The number of nitrogens with one attached hydrogen (secondary N) is 2. The average Bonchev–Trinajstić information content (AvgIpc) is 3.64. The summed E-state index contributed by atoms with van der Waals surface area (Å²) < 4.78 is 38.2. The third kappa shape index (κ3) is 7.88. The molecule has 0 aliphatic carbocycles. The number of thiazole rings is 1. The van der Waals surface area contributed by atoms with Crippen molar-refractivity contribution in [1.29, 1.82) is 0 Å². The monoisotopic (exact) mass is 600 g/mol. The van der Waals surface area contributed by atoms with Crippen LogP contribution in [0.25, 0.3) is 9.88 Å². The maximum absolute atomic E-state index is 13.7. The summed E-state index contributed by atoms with van der Waals surface area (Å²) in [5.74, 6) is -0.378. The Morgan fingerprint density at radius 3 is 2.33 bits per heavy atom. The molecular formula is C27H28N4O6S3. The molecule has 0 fully saturated rings. The molecule has 10 nitrogen and oxygen atoms in total. The summed E-state index contributed by atoms with van der Waals surface area (Å²) >= 11 is 3.03. The first kappa shape index (κ1) is 29.2. The second kappa shape index (κ2) is 13.0. The minimum absolute atomic E-state index is 0.197. The van der Waals surface area contributed by atoms with Crippen molar-refractivity contribution in [3.63, 3.8) is 0 Å². The quantitative estimate of drug-likeness (QED) is 0.210. The molecule has 2 unspecified atom stereocenters. The fourth-order valence-electron chi connectivity index (χ4n) is 4.06. The lowest BCUT2D eigenvalue weighted by molar-refractivity contribution is -0.126. The van der Waals surface area contributed by atoms with Crippen LogP contribution in [0.15, 0.2) is 77.5 Å². The number of carbonyl (C=O) groups is 2. The van der Waals surface area contributed by atoms with E-state index in [0.29, 0.717) is 12.1 Å². The van der Waals surface area contributed by atoms with Gasteiger partial charge in [-0.05, 0) is 41.1 Å². The van der Waals surface area contributed by atoms with E-state index in [1.54, 1.807) is 23.5 Å². The number of likely N-dealkylation sites (N-methyl/N-ethyl adjacent to an activating group) is 1. The van der Waals surface area contributed by atoms with Crippen molar-refractivity contribution < 1.29 is 27.3 Å². The molecule has 0 aliphatic rings. The van der Waals surface area contributed by atoms with Gasteiger partial charge in [0.05, 0.1) is 29.4 Å². The number of hydrogen-bond acceptors (Lipinski definition) is 8. The van der Waals surface area contributed by atoms with Gasteiger partial charge in [0.15, 0.2) is 0 Å². The van der Waals surface area contributed by atoms with Crippen LogP contribution < -0.4 is 10.0 Å². The number of ether oxygens (including phenoxy) is 1. The smallest absolute Gasteiger partial charge is 0.409 e. The minimum atomic E-state index is -4.40. The van der Waals surface area contributed by atoms with Gasteiger partial charge in [-0.2, -0.15) is 8.42 Å². The summed E-state index contributed by atoms with van der Waals surface area (Å²) in [6, 6.07) is 18.3. The largest absolute Gasteiger partial charge is 0.453 e. The van der Waals surface area contributed by atoms with Gasteiger partial charge in [0.2, 0.25) is 5.91 Å². The molecule has 4 rings (SSSR count). The van der Waals surface area contributed by atoms with Crippen LogP contribution in [0.3, 0.4) is 0 Å². The topological polar surface area (TPSA) is 138 Å². The molecule has 0 radical (unpaired) electrons. The van der Waals surface area contributed by atoms with Gasteiger partial charge in [0.25, 0.3) is 0 Å². The number of rotatable bonds is 11. The summed E-state index contributed by atoms with van der Waals surface area (Å²) in [5.41, 5.74) is 2.52. The summed E-state index contributed by atoms with van der Waals surface area (Å²) in [6.07, 6.45) is -0.0208. The zero-order valence-electron chi connectivity index (χ0n) is 21.7. The number of hydrogen-bond donors (Lipinski definition) is 3. The van der Waals surface area contributed by atoms with Crippen molar-refractivity contribution in [1.82, 2.24) is 15.2 Å². The summed E-state index contributed by atoms with van der Waals surface area (Å²) in [7, 11) is -1.62. The average molecular weight is 601 g/mol. The minimum Gasteiger partial charge on any atom is -0.453 e. The van der Waals surface area contributed by atoms with Crippen molar-refractivity contribution in [2.45, 2.75) is 24.9 Å². The lowest BCUT2D eigenvalue weighted by Crippen LogP contribution is -2.50. The van der Waals surface area contributed by atoms with Crippen molar-refractivity contribution in [3.05, 3.63) is 94.3 Å². The Hall–Kier alpha value is -3.78. The fraction of sp³-hybridized carbons (Fsp3) is 0.222. The van der Waals surface area contributed by atoms with Gasteiger partial charge in [-0.15, -0.1) is 22.7 Å². The predicted octanol–water partition coefficient (Wildman–Crippen LogP) is 4.80. The molecule has 0 aliphatic heterocycles. The molecule has 0 bridgehead atoms. The first-order valence-corrected chi connectivity index (χ1v) is 15.3. The first-order valence-electron chi connectivity index (χ1n) is 12.1. The Balaban J connectivity index is 1.62. The molecule has 2 aromatic heterocycles. The highest BCUT2D eigenvalue weighted by molar-refractivity contribution is 7.87. The van der Waals surface area contributed by atoms with Gasteiger partial charge in [-0.25, -0.2) is 9.78 Å². The molecule has 210 valence electrons. The van der Waals surface area contributed by atoms with Gasteiger partial charge in [0, 0.05) is 18.8 Å². The lowest BCUT2D eigenvalue weighted by atomic mass is 10.0. The van der Waals surface area contributed by atoms with Crippen LogP contribution in [-0.2, 0) is 32.7 Å². The highest BCUT2D eigenvalue weighted by Gasteiger charge is 2.30. The number of anilines is 1. The van der Waals surface area contributed by atoms with E-state index in [2.05, 4.69) is 5.32 Å². The Morgan fingerprint density at radius 2 is 1.70 bits per heavy atom. The summed E-state index contributed by atoms with van der Waals surface area (Å²) in [4.78, 5) is 33.2. The molecule has 2 amide bonds. The van der Waals surface area contributed by atoms with Gasteiger partial charge in [-0.1, -0.05) is 48.5 Å². The molecule has 3 N–H and O–H groups in total. The van der Waals surface area contributed by atoms with Crippen LogP contribution in [-0.4, -0.2) is 55.1 Å². The maximum Gasteiger partial charge on any atom is 0.409 e. The molecule has 4 aromatic rings. The molecule has 0 spiro atoms. The Labute approximate surface area is 240 Å². The van der Waals surface area contributed by atoms with Crippen molar-refractivity contribution in [2.75, 3.05) is 18.9 Å². The van der Waals surface area contributed by atoms with E-state index in [1.807, 2.05) is 57.9 Å².